The van der Waals surface area contributed by atoms with Crippen LogP contribution < -0.4 is 19.5 Å². The van der Waals surface area contributed by atoms with Crippen LogP contribution in [0.5, 0.6) is 17.2 Å². The van der Waals surface area contributed by atoms with Crippen molar-refractivity contribution in [3.05, 3.63) is 57.8 Å². The highest BCUT2D eigenvalue weighted by atomic mass is 32.1. The lowest BCUT2D eigenvalue weighted by Gasteiger charge is -2.24. The van der Waals surface area contributed by atoms with E-state index in [9.17, 15) is 14.7 Å². The minimum Gasteiger partial charge on any atom is -0.497 e. The summed E-state index contributed by atoms with van der Waals surface area (Å²) in [7, 11) is 1.57. The number of methoxy groups -OCH3 is 1. The molecule has 0 spiro atoms. The van der Waals surface area contributed by atoms with Crippen molar-refractivity contribution >= 4 is 28.9 Å². The quantitative estimate of drug-likeness (QED) is 0.649. The van der Waals surface area contributed by atoms with Crippen molar-refractivity contribution in [3.8, 4) is 28.4 Å². The van der Waals surface area contributed by atoms with Crippen molar-refractivity contribution in [2.75, 3.05) is 19.2 Å². The van der Waals surface area contributed by atoms with Gasteiger partial charge < -0.3 is 24.6 Å². The molecule has 2 aromatic carbocycles. The van der Waals surface area contributed by atoms with E-state index in [4.69, 9.17) is 14.2 Å². The number of fused-ring (bicyclic) bond motifs is 2. The third-order valence-corrected chi connectivity index (χ3v) is 6.57. The molecule has 3 aromatic rings. The summed E-state index contributed by atoms with van der Waals surface area (Å²) in [5.41, 5.74) is 2.66. The zero-order chi connectivity index (χ0) is 20.8. The Kier molecular flexibility index (Phi) is 4.36. The van der Waals surface area contributed by atoms with Gasteiger partial charge in [0.2, 0.25) is 12.7 Å². The van der Waals surface area contributed by atoms with E-state index in [2.05, 4.69) is 5.32 Å². The molecule has 3 heterocycles. The number of benzene rings is 2. The van der Waals surface area contributed by atoms with Gasteiger partial charge in [0.25, 0.3) is 0 Å². The summed E-state index contributed by atoms with van der Waals surface area (Å²) in [5.74, 6) is 0.509. The van der Waals surface area contributed by atoms with Gasteiger partial charge >= 0.3 is 5.97 Å². The Labute approximate surface area is 175 Å². The maximum Gasteiger partial charge on any atom is 0.346 e. The standard InChI is InChI=1S/C22H17NO6S/c1-27-13-5-2-11(3-6-13)18-19-20(30-21(18)22(25)26)14(9-17(24)23-19)12-4-7-15-16(8-12)29-10-28-15/h2-8,14H,9-10H2,1H3,(H,23,24)(H,25,26)/t14-/m1/s1. The average molecular weight is 423 g/mol. The molecule has 30 heavy (non-hydrogen) atoms. The number of thiophene rings is 1. The van der Waals surface area contributed by atoms with Crippen LogP contribution in [0.15, 0.2) is 42.5 Å². The van der Waals surface area contributed by atoms with Crippen molar-refractivity contribution in [2.24, 2.45) is 0 Å². The predicted octanol–water partition coefficient (Wildman–Crippen LogP) is 4.32. The Hall–Kier alpha value is -3.52. The lowest BCUT2D eigenvalue weighted by Crippen LogP contribution is -2.22. The summed E-state index contributed by atoms with van der Waals surface area (Å²) < 4.78 is 16.1. The summed E-state index contributed by atoms with van der Waals surface area (Å²) in [6.45, 7) is 0.166. The molecule has 152 valence electrons. The molecule has 2 aliphatic rings. The second-order valence-corrected chi connectivity index (χ2v) is 8.05. The van der Waals surface area contributed by atoms with E-state index >= 15 is 0 Å². The van der Waals surface area contributed by atoms with Gasteiger partial charge in [-0.25, -0.2) is 4.79 Å². The van der Waals surface area contributed by atoms with Crippen molar-refractivity contribution in [2.45, 2.75) is 12.3 Å². The second kappa shape index (κ2) is 7.07. The van der Waals surface area contributed by atoms with E-state index in [1.807, 2.05) is 18.2 Å². The number of aromatic carboxylic acids is 1. The van der Waals surface area contributed by atoms with Crippen LogP contribution in [0.2, 0.25) is 0 Å². The molecule has 1 atom stereocenters. The van der Waals surface area contributed by atoms with Crippen LogP contribution in [0, 0.1) is 0 Å². The molecule has 0 aliphatic carbocycles. The molecule has 0 saturated carbocycles. The molecule has 8 heteroatoms. The number of nitrogens with one attached hydrogen (secondary N) is 1. The highest BCUT2D eigenvalue weighted by Gasteiger charge is 2.35. The fourth-order valence-corrected chi connectivity index (χ4v) is 5.12. The molecule has 0 radical (unpaired) electrons. The van der Waals surface area contributed by atoms with Crippen molar-refractivity contribution < 1.29 is 28.9 Å². The Morgan fingerprint density at radius 3 is 2.67 bits per heavy atom. The van der Waals surface area contributed by atoms with Gasteiger partial charge in [-0.15, -0.1) is 11.3 Å². The summed E-state index contributed by atoms with van der Waals surface area (Å²) >= 11 is 1.20. The Balaban J connectivity index is 1.66. The van der Waals surface area contributed by atoms with Crippen LogP contribution in [0.1, 0.15) is 32.5 Å². The molecule has 2 N–H and O–H groups in total. The van der Waals surface area contributed by atoms with E-state index in [1.54, 1.807) is 31.4 Å². The van der Waals surface area contributed by atoms with E-state index in [1.165, 1.54) is 11.3 Å². The number of carboxylic acid groups (broad SMARTS) is 1. The molecule has 0 saturated heterocycles. The van der Waals surface area contributed by atoms with Gasteiger partial charge in [0.1, 0.15) is 10.6 Å². The first-order chi connectivity index (χ1) is 14.5. The first kappa shape index (κ1) is 18.5. The zero-order valence-electron chi connectivity index (χ0n) is 15.9. The molecule has 0 bridgehead atoms. The Morgan fingerprint density at radius 1 is 1.17 bits per heavy atom. The fourth-order valence-electron chi connectivity index (χ4n) is 3.87. The minimum absolute atomic E-state index is 0.158. The average Bonchev–Trinajstić information content (AvgIpc) is 3.37. The van der Waals surface area contributed by atoms with E-state index < -0.39 is 5.97 Å². The maximum absolute atomic E-state index is 12.6. The number of carbonyl (C=O) groups is 2. The van der Waals surface area contributed by atoms with Crippen LogP contribution in [0.3, 0.4) is 0 Å². The first-order valence-electron chi connectivity index (χ1n) is 9.29. The third kappa shape index (κ3) is 2.96. The smallest absolute Gasteiger partial charge is 0.346 e. The number of hydrogen-bond donors (Lipinski definition) is 2. The number of amides is 1. The molecular weight excluding hydrogens is 406 g/mol. The van der Waals surface area contributed by atoms with E-state index in [-0.39, 0.29) is 29.9 Å². The third-order valence-electron chi connectivity index (χ3n) is 5.28. The van der Waals surface area contributed by atoms with Crippen LogP contribution in [-0.4, -0.2) is 30.9 Å². The first-order valence-corrected chi connectivity index (χ1v) is 10.1. The monoisotopic (exact) mass is 423 g/mol. The number of carbonyl (C=O) groups excluding carboxylic acids is 1. The fraction of sp³-hybridized carbons (Fsp3) is 0.182. The summed E-state index contributed by atoms with van der Waals surface area (Å²) in [6, 6.07) is 12.7. The SMILES string of the molecule is COc1ccc(-c2c(C(=O)O)sc3c2NC(=O)C[C@@H]3c2ccc3c(c2)OCO3)cc1. The molecule has 2 aliphatic heterocycles. The van der Waals surface area contributed by atoms with Gasteiger partial charge in [-0.1, -0.05) is 18.2 Å². The molecule has 0 fully saturated rings. The summed E-state index contributed by atoms with van der Waals surface area (Å²) in [4.78, 5) is 25.6. The van der Waals surface area contributed by atoms with Gasteiger partial charge in [0.05, 0.1) is 12.8 Å². The van der Waals surface area contributed by atoms with Gasteiger partial charge in [-0.3, -0.25) is 4.79 Å². The van der Waals surface area contributed by atoms with Crippen LogP contribution in [-0.2, 0) is 4.79 Å². The number of ether oxygens (including phenoxy) is 3. The minimum atomic E-state index is -1.03. The number of hydrogen-bond acceptors (Lipinski definition) is 6. The van der Waals surface area contributed by atoms with Crippen molar-refractivity contribution in [1.82, 2.24) is 0 Å². The highest BCUT2D eigenvalue weighted by Crippen LogP contribution is 2.50. The summed E-state index contributed by atoms with van der Waals surface area (Å²) in [5, 5.41) is 12.8. The molecule has 7 nitrogen and oxygen atoms in total. The lowest BCUT2D eigenvalue weighted by molar-refractivity contribution is -0.116. The van der Waals surface area contributed by atoms with Gasteiger partial charge in [0, 0.05) is 22.8 Å². The number of carboxylic acids is 1. The Morgan fingerprint density at radius 2 is 1.93 bits per heavy atom. The van der Waals surface area contributed by atoms with E-state index in [0.717, 1.165) is 10.4 Å². The van der Waals surface area contributed by atoms with Gasteiger partial charge in [0.15, 0.2) is 11.5 Å². The molecular formula is C22H17NO6S. The molecule has 1 aromatic heterocycles. The number of rotatable bonds is 4. The van der Waals surface area contributed by atoms with Crippen molar-refractivity contribution in [1.29, 1.82) is 0 Å². The maximum atomic E-state index is 12.6. The topological polar surface area (TPSA) is 94.1 Å². The zero-order valence-corrected chi connectivity index (χ0v) is 16.7. The van der Waals surface area contributed by atoms with Gasteiger partial charge in [-0.05, 0) is 35.4 Å². The second-order valence-electron chi connectivity index (χ2n) is 7.00. The Bertz CT molecular complexity index is 1170. The molecule has 1 amide bonds. The predicted molar refractivity (Wildman–Crippen MR) is 111 cm³/mol. The number of anilines is 1. The highest BCUT2D eigenvalue weighted by molar-refractivity contribution is 7.15. The largest absolute Gasteiger partial charge is 0.497 e. The molecule has 5 rings (SSSR count). The molecule has 0 unspecified atom stereocenters. The lowest BCUT2D eigenvalue weighted by atomic mass is 9.88. The van der Waals surface area contributed by atoms with Crippen LogP contribution in [0.4, 0.5) is 5.69 Å². The van der Waals surface area contributed by atoms with Crippen LogP contribution >= 0.6 is 11.3 Å². The van der Waals surface area contributed by atoms with Crippen LogP contribution in [0.25, 0.3) is 11.1 Å². The van der Waals surface area contributed by atoms with Crippen molar-refractivity contribution in [3.63, 3.8) is 0 Å². The normalized spacial score (nSPS) is 16.7. The van der Waals surface area contributed by atoms with E-state index in [0.29, 0.717) is 34.1 Å². The van der Waals surface area contributed by atoms with Gasteiger partial charge in [-0.2, -0.15) is 0 Å². The summed E-state index contributed by atoms with van der Waals surface area (Å²) in [6.07, 6.45) is 0.230.